The molecule has 0 aliphatic carbocycles. The molecule has 0 bridgehead atoms. The molecule has 0 saturated heterocycles. The normalized spacial score (nSPS) is 10.8. The zero-order chi connectivity index (χ0) is 19.4. The van der Waals surface area contributed by atoms with E-state index in [1.54, 1.807) is 30.3 Å². The number of carbonyl (C=O) groups is 4. The number of aliphatic imine (C=N–C) groups is 1. The van der Waals surface area contributed by atoms with Gasteiger partial charge in [0.2, 0.25) is 23.8 Å². The Balaban J connectivity index is 2.66. The number of hydrogen-bond donors (Lipinski definition) is 4. The summed E-state index contributed by atoms with van der Waals surface area (Å²) in [6.45, 7) is -1.46. The molecule has 1 atom stereocenters. The van der Waals surface area contributed by atoms with Crippen LogP contribution in [0.5, 0.6) is 0 Å². The second-order valence-corrected chi connectivity index (χ2v) is 5.11. The van der Waals surface area contributed by atoms with Gasteiger partial charge in [0, 0.05) is 6.42 Å². The van der Waals surface area contributed by atoms with Crippen LogP contribution < -0.4 is 16.0 Å². The van der Waals surface area contributed by atoms with E-state index in [2.05, 4.69) is 20.9 Å². The zero-order valence-electron chi connectivity index (χ0n) is 13.7. The maximum atomic E-state index is 12.1. The highest BCUT2D eigenvalue weighted by Crippen LogP contribution is 2.03. The number of aliphatic carboxylic acids is 1. The monoisotopic (exact) mass is 362 g/mol. The van der Waals surface area contributed by atoms with Crippen molar-refractivity contribution in [3.63, 3.8) is 0 Å². The first-order chi connectivity index (χ1) is 12.4. The third kappa shape index (κ3) is 8.37. The van der Waals surface area contributed by atoms with Crippen molar-refractivity contribution in [1.29, 1.82) is 0 Å². The van der Waals surface area contributed by atoms with Gasteiger partial charge in [-0.3, -0.25) is 19.2 Å². The molecule has 0 spiro atoms. The molecule has 0 aliphatic rings. The van der Waals surface area contributed by atoms with Crippen molar-refractivity contribution in [3.05, 3.63) is 35.9 Å². The van der Waals surface area contributed by atoms with E-state index in [9.17, 15) is 24.0 Å². The van der Waals surface area contributed by atoms with E-state index in [1.807, 2.05) is 0 Å². The Hall–Kier alpha value is -3.52. The van der Waals surface area contributed by atoms with Crippen LogP contribution in [0.2, 0.25) is 0 Å². The average Bonchev–Trinajstić information content (AvgIpc) is 2.63. The van der Waals surface area contributed by atoms with Crippen LogP contribution >= 0.6 is 0 Å². The topological polar surface area (TPSA) is 154 Å². The molecule has 0 heterocycles. The zero-order valence-corrected chi connectivity index (χ0v) is 13.7. The molecule has 10 nitrogen and oxygen atoms in total. The SMILES string of the molecule is O=C=NCC(=O)NCC(=O)NC(Cc1ccccc1)C(=O)NCC(=O)O. The van der Waals surface area contributed by atoms with E-state index < -0.39 is 49.4 Å². The number of nitrogens with zero attached hydrogens (tertiary/aromatic N) is 1. The van der Waals surface area contributed by atoms with Gasteiger partial charge in [0.25, 0.3) is 0 Å². The summed E-state index contributed by atoms with van der Waals surface area (Å²) in [5.41, 5.74) is 0.757. The Labute approximate surface area is 148 Å². The second-order valence-electron chi connectivity index (χ2n) is 5.11. The quantitative estimate of drug-likeness (QED) is 0.289. The highest BCUT2D eigenvalue weighted by atomic mass is 16.4. The van der Waals surface area contributed by atoms with Crippen LogP contribution in [0.1, 0.15) is 5.56 Å². The van der Waals surface area contributed by atoms with Crippen molar-refractivity contribution in [3.8, 4) is 0 Å². The average molecular weight is 362 g/mol. The molecule has 1 aromatic carbocycles. The highest BCUT2D eigenvalue weighted by Gasteiger charge is 2.21. The standard InChI is InChI=1S/C16H18N4O6/c21-10-17-7-13(22)18-8-14(23)20-12(16(26)19-9-15(24)25)6-11-4-2-1-3-5-11/h1-5,12H,6-9H2,(H,18,22)(H,19,26)(H,20,23)(H,24,25). The Morgan fingerprint density at radius 1 is 1.04 bits per heavy atom. The Morgan fingerprint density at radius 2 is 1.73 bits per heavy atom. The number of amides is 3. The third-order valence-corrected chi connectivity index (χ3v) is 3.08. The largest absolute Gasteiger partial charge is 0.480 e. The first-order valence-corrected chi connectivity index (χ1v) is 7.55. The molecule has 26 heavy (non-hydrogen) atoms. The minimum Gasteiger partial charge on any atom is -0.480 e. The molecular weight excluding hydrogens is 344 g/mol. The van der Waals surface area contributed by atoms with Crippen molar-refractivity contribution in [2.24, 2.45) is 4.99 Å². The summed E-state index contributed by atoms with van der Waals surface area (Å²) in [5, 5.41) is 15.5. The minimum absolute atomic E-state index is 0.140. The van der Waals surface area contributed by atoms with Gasteiger partial charge in [-0.1, -0.05) is 30.3 Å². The van der Waals surface area contributed by atoms with Crippen molar-refractivity contribution in [2.45, 2.75) is 12.5 Å². The molecule has 1 aromatic rings. The summed E-state index contributed by atoms with van der Waals surface area (Å²) in [7, 11) is 0. The lowest BCUT2D eigenvalue weighted by molar-refractivity contribution is -0.138. The number of hydrogen-bond acceptors (Lipinski definition) is 6. The summed E-state index contributed by atoms with van der Waals surface area (Å²) >= 11 is 0. The van der Waals surface area contributed by atoms with Crippen LogP contribution in [-0.4, -0.2) is 60.6 Å². The first-order valence-electron chi connectivity index (χ1n) is 7.55. The summed E-state index contributed by atoms with van der Waals surface area (Å²) in [6.07, 6.45) is 1.34. The van der Waals surface area contributed by atoms with Crippen LogP contribution in [0.15, 0.2) is 35.3 Å². The maximum Gasteiger partial charge on any atom is 0.322 e. The molecule has 10 heteroatoms. The van der Waals surface area contributed by atoms with Gasteiger partial charge in [0.1, 0.15) is 19.1 Å². The van der Waals surface area contributed by atoms with Crippen LogP contribution in [0.3, 0.4) is 0 Å². The van der Waals surface area contributed by atoms with E-state index in [4.69, 9.17) is 5.11 Å². The van der Waals surface area contributed by atoms with Crippen molar-refractivity contribution in [2.75, 3.05) is 19.6 Å². The highest BCUT2D eigenvalue weighted by molar-refractivity contribution is 5.91. The smallest absolute Gasteiger partial charge is 0.322 e. The predicted octanol–water partition coefficient (Wildman–Crippen LogP) is -1.63. The second kappa shape index (κ2) is 11.1. The van der Waals surface area contributed by atoms with E-state index in [-0.39, 0.29) is 6.42 Å². The minimum atomic E-state index is -1.22. The van der Waals surface area contributed by atoms with Gasteiger partial charge in [-0.05, 0) is 5.56 Å². The Kier molecular flexibility index (Phi) is 8.77. The Bertz CT molecular complexity index is 700. The van der Waals surface area contributed by atoms with Crippen molar-refractivity contribution in [1.82, 2.24) is 16.0 Å². The fourth-order valence-electron chi connectivity index (χ4n) is 1.93. The predicted molar refractivity (Wildman–Crippen MR) is 88.7 cm³/mol. The summed E-state index contributed by atoms with van der Waals surface area (Å²) < 4.78 is 0. The first kappa shape index (κ1) is 20.5. The molecule has 1 unspecified atom stereocenters. The van der Waals surface area contributed by atoms with Crippen LogP contribution in [0.25, 0.3) is 0 Å². The molecule has 1 rings (SSSR count). The van der Waals surface area contributed by atoms with E-state index in [1.165, 1.54) is 6.08 Å². The number of rotatable bonds is 10. The van der Waals surface area contributed by atoms with Gasteiger partial charge in [-0.25, -0.2) is 4.79 Å². The lowest BCUT2D eigenvalue weighted by Gasteiger charge is -2.18. The molecule has 0 radical (unpaired) electrons. The van der Waals surface area contributed by atoms with Crippen LogP contribution in [-0.2, 0) is 30.4 Å². The van der Waals surface area contributed by atoms with E-state index in [0.717, 1.165) is 5.56 Å². The number of carbonyl (C=O) groups excluding carboxylic acids is 4. The van der Waals surface area contributed by atoms with Gasteiger partial charge in [0.05, 0.1) is 6.54 Å². The number of carboxylic acids is 1. The van der Waals surface area contributed by atoms with E-state index in [0.29, 0.717) is 0 Å². The molecule has 0 aromatic heterocycles. The molecular formula is C16H18N4O6. The molecule has 0 fully saturated rings. The van der Waals surface area contributed by atoms with Gasteiger partial charge in [0.15, 0.2) is 0 Å². The fourth-order valence-corrected chi connectivity index (χ4v) is 1.93. The Morgan fingerprint density at radius 3 is 2.35 bits per heavy atom. The number of isocyanates is 1. The van der Waals surface area contributed by atoms with Gasteiger partial charge in [-0.15, -0.1) is 0 Å². The lowest BCUT2D eigenvalue weighted by Crippen LogP contribution is -2.51. The van der Waals surface area contributed by atoms with Crippen molar-refractivity contribution < 1.29 is 29.1 Å². The number of benzene rings is 1. The molecule has 0 saturated carbocycles. The lowest BCUT2D eigenvalue weighted by atomic mass is 10.1. The summed E-state index contributed by atoms with van der Waals surface area (Å²) in [6, 6.07) is 7.80. The van der Waals surface area contributed by atoms with E-state index >= 15 is 0 Å². The van der Waals surface area contributed by atoms with Gasteiger partial charge in [-0.2, -0.15) is 4.99 Å². The summed E-state index contributed by atoms with van der Waals surface area (Å²) in [4.78, 5) is 58.9. The maximum absolute atomic E-state index is 12.1. The van der Waals surface area contributed by atoms with Crippen molar-refractivity contribution >= 4 is 29.8 Å². The molecule has 138 valence electrons. The van der Waals surface area contributed by atoms with Gasteiger partial charge < -0.3 is 21.1 Å². The molecule has 3 amide bonds. The van der Waals surface area contributed by atoms with Gasteiger partial charge >= 0.3 is 5.97 Å². The number of carboxylic acid groups (broad SMARTS) is 1. The van der Waals surface area contributed by atoms with Crippen LogP contribution in [0.4, 0.5) is 0 Å². The fraction of sp³-hybridized carbons (Fsp3) is 0.312. The summed E-state index contributed by atoms with van der Waals surface area (Å²) in [5.74, 6) is -3.19. The molecule has 4 N–H and O–H groups in total. The third-order valence-electron chi connectivity index (χ3n) is 3.08. The number of nitrogens with one attached hydrogen (secondary N) is 3. The molecule has 0 aliphatic heterocycles. The van der Waals surface area contributed by atoms with Crippen LogP contribution in [0, 0.1) is 0 Å².